The van der Waals surface area contributed by atoms with Gasteiger partial charge < -0.3 is 10.7 Å². The first-order valence-electron chi connectivity index (χ1n) is 8.10. The minimum Gasteiger partial charge on any atom is -0.358 e. The Morgan fingerprint density at radius 2 is 1.85 bits per heavy atom. The molecule has 0 radical (unpaired) electrons. The first-order chi connectivity index (χ1) is 9.70. The van der Waals surface area contributed by atoms with Gasteiger partial charge >= 0.3 is 0 Å². The molecule has 1 heterocycles. The molecule has 0 saturated carbocycles. The number of nitrogens with one attached hydrogen (secondary N) is 1. The van der Waals surface area contributed by atoms with Gasteiger partial charge in [0.15, 0.2) is 0 Å². The van der Waals surface area contributed by atoms with E-state index in [0.29, 0.717) is 0 Å². The Kier molecular flexibility index (Phi) is 3.84. The van der Waals surface area contributed by atoms with Crippen LogP contribution in [0.5, 0.6) is 0 Å². The summed E-state index contributed by atoms with van der Waals surface area (Å²) in [7, 11) is 0. The molecule has 1 atom stereocenters. The molecule has 0 bridgehead atoms. The van der Waals surface area contributed by atoms with Crippen molar-refractivity contribution in [2.24, 2.45) is 5.73 Å². The molecule has 1 aliphatic rings. The standard InChI is InChI=1S/C18H26N2/c1-3-7-16(19)18-12(2)20-17-11-14-9-6-4-5-8-13(14)10-15(17)18/h10-11,16,20H,3-9,19H2,1-2H3. The molecule has 2 aromatic rings. The number of aromatic amines is 1. The van der Waals surface area contributed by atoms with Gasteiger partial charge in [0.1, 0.15) is 0 Å². The van der Waals surface area contributed by atoms with Gasteiger partial charge in [0.05, 0.1) is 0 Å². The van der Waals surface area contributed by atoms with E-state index in [1.807, 2.05) is 0 Å². The third-order valence-corrected chi connectivity index (χ3v) is 4.72. The van der Waals surface area contributed by atoms with E-state index in [1.54, 1.807) is 11.1 Å². The number of hydrogen-bond donors (Lipinski definition) is 2. The zero-order valence-corrected chi connectivity index (χ0v) is 12.8. The van der Waals surface area contributed by atoms with Crippen molar-refractivity contribution in [1.29, 1.82) is 0 Å². The van der Waals surface area contributed by atoms with Crippen molar-refractivity contribution in [3.63, 3.8) is 0 Å². The van der Waals surface area contributed by atoms with E-state index in [-0.39, 0.29) is 6.04 Å². The van der Waals surface area contributed by atoms with Crippen molar-refractivity contribution in [3.05, 3.63) is 34.5 Å². The molecular formula is C18H26N2. The number of aryl methyl sites for hydroxylation is 3. The van der Waals surface area contributed by atoms with Gasteiger partial charge in [-0.1, -0.05) is 19.8 Å². The molecule has 0 aliphatic heterocycles. The van der Waals surface area contributed by atoms with Crippen LogP contribution < -0.4 is 5.73 Å². The van der Waals surface area contributed by atoms with Crippen LogP contribution in [0.1, 0.15) is 67.5 Å². The molecule has 1 unspecified atom stereocenters. The molecule has 20 heavy (non-hydrogen) atoms. The highest BCUT2D eigenvalue weighted by atomic mass is 14.7. The highest BCUT2D eigenvalue weighted by Gasteiger charge is 2.17. The second-order valence-corrected chi connectivity index (χ2v) is 6.29. The smallest absolute Gasteiger partial charge is 0.0462 e. The first kappa shape index (κ1) is 13.7. The summed E-state index contributed by atoms with van der Waals surface area (Å²) in [5.41, 5.74) is 13.4. The number of H-pyrrole nitrogens is 1. The molecule has 0 amide bonds. The Morgan fingerprint density at radius 1 is 1.15 bits per heavy atom. The van der Waals surface area contributed by atoms with E-state index in [1.165, 1.54) is 54.3 Å². The fourth-order valence-electron chi connectivity index (χ4n) is 3.69. The Bertz CT molecular complexity index is 609. The SMILES string of the molecule is CCCC(N)c1c(C)[nH]c2cc3c(cc12)CCCCC3. The lowest BCUT2D eigenvalue weighted by Crippen LogP contribution is -2.10. The van der Waals surface area contributed by atoms with Crippen molar-refractivity contribution < 1.29 is 0 Å². The van der Waals surface area contributed by atoms with Crippen molar-refractivity contribution in [1.82, 2.24) is 4.98 Å². The van der Waals surface area contributed by atoms with Gasteiger partial charge in [-0.15, -0.1) is 0 Å². The highest BCUT2D eigenvalue weighted by molar-refractivity contribution is 5.86. The maximum absolute atomic E-state index is 6.40. The Morgan fingerprint density at radius 3 is 2.55 bits per heavy atom. The molecular weight excluding hydrogens is 244 g/mol. The Hall–Kier alpha value is -1.28. The third-order valence-electron chi connectivity index (χ3n) is 4.72. The van der Waals surface area contributed by atoms with Crippen LogP contribution in [0, 0.1) is 6.92 Å². The maximum Gasteiger partial charge on any atom is 0.0462 e. The fourth-order valence-corrected chi connectivity index (χ4v) is 3.69. The predicted molar refractivity (Wildman–Crippen MR) is 86.1 cm³/mol. The highest BCUT2D eigenvalue weighted by Crippen LogP contribution is 2.33. The number of nitrogens with two attached hydrogens (primary N) is 1. The van der Waals surface area contributed by atoms with E-state index in [4.69, 9.17) is 5.73 Å². The largest absolute Gasteiger partial charge is 0.358 e. The quantitative estimate of drug-likeness (QED) is 0.790. The summed E-state index contributed by atoms with van der Waals surface area (Å²) in [5, 5.41) is 1.36. The van der Waals surface area contributed by atoms with Crippen LogP contribution >= 0.6 is 0 Å². The number of rotatable bonds is 3. The van der Waals surface area contributed by atoms with Crippen molar-refractivity contribution >= 4 is 10.9 Å². The summed E-state index contributed by atoms with van der Waals surface area (Å²) in [6.07, 6.45) is 8.70. The normalized spacial score (nSPS) is 16.9. The molecule has 1 aromatic carbocycles. The van der Waals surface area contributed by atoms with Crippen LogP contribution in [0.4, 0.5) is 0 Å². The van der Waals surface area contributed by atoms with Crippen LogP contribution in [-0.2, 0) is 12.8 Å². The summed E-state index contributed by atoms with van der Waals surface area (Å²) in [4.78, 5) is 3.56. The Labute approximate surface area is 121 Å². The predicted octanol–water partition coefficient (Wildman–Crippen LogP) is 4.55. The molecule has 0 spiro atoms. The van der Waals surface area contributed by atoms with Crippen LogP contribution in [0.15, 0.2) is 12.1 Å². The van der Waals surface area contributed by atoms with E-state index < -0.39 is 0 Å². The molecule has 0 saturated heterocycles. The van der Waals surface area contributed by atoms with Gasteiger partial charge in [0, 0.05) is 22.6 Å². The second kappa shape index (κ2) is 5.61. The molecule has 2 heteroatoms. The second-order valence-electron chi connectivity index (χ2n) is 6.29. The number of fused-ring (bicyclic) bond motifs is 2. The average Bonchev–Trinajstić information content (AvgIpc) is 2.58. The van der Waals surface area contributed by atoms with Crippen molar-refractivity contribution in [2.45, 2.75) is 64.8 Å². The topological polar surface area (TPSA) is 41.8 Å². The average molecular weight is 270 g/mol. The number of hydrogen-bond acceptors (Lipinski definition) is 1. The van der Waals surface area contributed by atoms with Gasteiger partial charge in [0.25, 0.3) is 0 Å². The number of aromatic nitrogens is 1. The van der Waals surface area contributed by atoms with E-state index in [0.717, 1.165) is 12.8 Å². The van der Waals surface area contributed by atoms with Gasteiger partial charge in [-0.3, -0.25) is 0 Å². The molecule has 108 valence electrons. The summed E-state index contributed by atoms with van der Waals surface area (Å²) >= 11 is 0. The van der Waals surface area contributed by atoms with Crippen LogP contribution in [0.3, 0.4) is 0 Å². The minimum absolute atomic E-state index is 0.164. The molecule has 0 fully saturated rings. The van der Waals surface area contributed by atoms with E-state index in [9.17, 15) is 0 Å². The molecule has 3 rings (SSSR count). The lowest BCUT2D eigenvalue weighted by Gasteiger charge is -2.12. The van der Waals surface area contributed by atoms with Gasteiger partial charge in [0.2, 0.25) is 0 Å². The van der Waals surface area contributed by atoms with Crippen molar-refractivity contribution in [2.75, 3.05) is 0 Å². The van der Waals surface area contributed by atoms with Crippen LogP contribution in [0.25, 0.3) is 10.9 Å². The summed E-state index contributed by atoms with van der Waals surface area (Å²) in [6.45, 7) is 4.37. The van der Waals surface area contributed by atoms with Crippen molar-refractivity contribution in [3.8, 4) is 0 Å². The maximum atomic E-state index is 6.40. The van der Waals surface area contributed by atoms with Gasteiger partial charge in [-0.2, -0.15) is 0 Å². The summed E-state index contributed by atoms with van der Waals surface area (Å²) in [5.74, 6) is 0. The monoisotopic (exact) mass is 270 g/mol. The van der Waals surface area contributed by atoms with Crippen LogP contribution in [-0.4, -0.2) is 4.98 Å². The van der Waals surface area contributed by atoms with Crippen LogP contribution in [0.2, 0.25) is 0 Å². The fraction of sp³-hybridized carbons (Fsp3) is 0.556. The van der Waals surface area contributed by atoms with Gasteiger partial charge in [-0.05, 0) is 67.9 Å². The lowest BCUT2D eigenvalue weighted by molar-refractivity contribution is 0.639. The van der Waals surface area contributed by atoms with E-state index in [2.05, 4.69) is 31.0 Å². The first-order valence-corrected chi connectivity index (χ1v) is 8.10. The zero-order chi connectivity index (χ0) is 14.1. The van der Waals surface area contributed by atoms with E-state index >= 15 is 0 Å². The summed E-state index contributed by atoms with van der Waals surface area (Å²) < 4.78 is 0. The molecule has 1 aliphatic carbocycles. The molecule has 1 aromatic heterocycles. The molecule has 2 nitrogen and oxygen atoms in total. The molecule has 3 N–H and O–H groups in total. The lowest BCUT2D eigenvalue weighted by atomic mass is 9.95. The Balaban J connectivity index is 2.12. The van der Waals surface area contributed by atoms with Gasteiger partial charge in [-0.25, -0.2) is 0 Å². The summed E-state index contributed by atoms with van der Waals surface area (Å²) in [6, 6.07) is 4.97. The zero-order valence-electron chi connectivity index (χ0n) is 12.8. The third kappa shape index (κ3) is 2.37. The number of benzene rings is 1. The minimum atomic E-state index is 0.164.